The minimum atomic E-state index is -0.326. The molecule has 3 rings (SSSR count). The molecule has 0 spiro atoms. The van der Waals surface area contributed by atoms with Gasteiger partial charge in [-0.2, -0.15) is 0 Å². The molecule has 0 unspecified atom stereocenters. The van der Waals surface area contributed by atoms with Gasteiger partial charge >= 0.3 is 0 Å². The molecule has 0 atom stereocenters. The third-order valence-electron chi connectivity index (χ3n) is 3.95. The second-order valence-electron chi connectivity index (χ2n) is 5.32. The predicted molar refractivity (Wildman–Crippen MR) is 80.1 cm³/mol. The highest BCUT2D eigenvalue weighted by Gasteiger charge is 2.22. The first kappa shape index (κ1) is 13.6. The molecule has 0 radical (unpaired) electrons. The molecule has 3 nitrogen and oxygen atoms in total. The number of nitrogen functional groups attached to an aromatic ring is 1. The fourth-order valence-electron chi connectivity index (χ4n) is 2.77. The Labute approximate surface area is 123 Å². The van der Waals surface area contributed by atoms with Gasteiger partial charge in [-0.05, 0) is 35.2 Å². The van der Waals surface area contributed by atoms with Crippen LogP contribution in [0.3, 0.4) is 0 Å². The summed E-state index contributed by atoms with van der Waals surface area (Å²) in [6.07, 6.45) is 0.856. The molecular weight excluding hydrogens is 267 g/mol. The molecule has 1 amide bonds. The van der Waals surface area contributed by atoms with Crippen molar-refractivity contribution >= 4 is 11.6 Å². The van der Waals surface area contributed by atoms with Crippen LogP contribution >= 0.6 is 0 Å². The van der Waals surface area contributed by atoms with E-state index in [0.29, 0.717) is 18.7 Å². The van der Waals surface area contributed by atoms with Crippen molar-refractivity contribution in [2.45, 2.75) is 19.4 Å². The van der Waals surface area contributed by atoms with Crippen molar-refractivity contribution in [3.63, 3.8) is 0 Å². The molecule has 2 aromatic carbocycles. The van der Waals surface area contributed by atoms with Crippen molar-refractivity contribution in [2.24, 2.45) is 0 Å². The van der Waals surface area contributed by atoms with E-state index < -0.39 is 0 Å². The number of carbonyl (C=O) groups is 1. The van der Waals surface area contributed by atoms with Crippen molar-refractivity contribution in [1.82, 2.24) is 4.90 Å². The first-order chi connectivity index (χ1) is 10.1. The van der Waals surface area contributed by atoms with E-state index in [-0.39, 0.29) is 18.1 Å². The van der Waals surface area contributed by atoms with Gasteiger partial charge in [0.2, 0.25) is 5.91 Å². The zero-order valence-electron chi connectivity index (χ0n) is 11.7. The second-order valence-corrected chi connectivity index (χ2v) is 5.32. The lowest BCUT2D eigenvalue weighted by Gasteiger charge is -2.29. The Bertz CT molecular complexity index is 684. The Morgan fingerprint density at radius 2 is 2.00 bits per heavy atom. The summed E-state index contributed by atoms with van der Waals surface area (Å²) in [5, 5.41) is 0. The molecule has 108 valence electrons. The molecule has 0 saturated carbocycles. The van der Waals surface area contributed by atoms with Crippen LogP contribution < -0.4 is 5.73 Å². The standard InChI is InChI=1S/C17H17FN2O/c18-15-6-2-1-4-12(15)10-17(21)20-9-8-14-13(11-20)5-3-7-16(14)19/h1-7H,8-11,19H2. The van der Waals surface area contributed by atoms with E-state index in [9.17, 15) is 9.18 Å². The average molecular weight is 284 g/mol. The van der Waals surface area contributed by atoms with Crippen LogP contribution in [-0.2, 0) is 24.2 Å². The number of hydrogen-bond acceptors (Lipinski definition) is 2. The van der Waals surface area contributed by atoms with Gasteiger partial charge in [0.25, 0.3) is 0 Å². The van der Waals surface area contributed by atoms with Gasteiger partial charge in [0, 0.05) is 18.8 Å². The maximum absolute atomic E-state index is 13.6. The van der Waals surface area contributed by atoms with Crippen LogP contribution in [0.4, 0.5) is 10.1 Å². The zero-order valence-corrected chi connectivity index (χ0v) is 11.7. The fraction of sp³-hybridized carbons (Fsp3) is 0.235. The molecule has 0 saturated heterocycles. The Morgan fingerprint density at radius 1 is 1.19 bits per heavy atom. The van der Waals surface area contributed by atoms with Crippen molar-refractivity contribution in [3.05, 3.63) is 65.0 Å². The van der Waals surface area contributed by atoms with Crippen LogP contribution in [0.1, 0.15) is 16.7 Å². The molecular formula is C17H17FN2O. The number of halogens is 1. The van der Waals surface area contributed by atoms with Crippen molar-refractivity contribution < 1.29 is 9.18 Å². The van der Waals surface area contributed by atoms with Gasteiger partial charge in [-0.1, -0.05) is 30.3 Å². The number of benzene rings is 2. The molecule has 2 aromatic rings. The first-order valence-electron chi connectivity index (χ1n) is 7.02. The van der Waals surface area contributed by atoms with Crippen LogP contribution in [-0.4, -0.2) is 17.4 Å². The number of amides is 1. The van der Waals surface area contributed by atoms with Crippen LogP contribution in [0.5, 0.6) is 0 Å². The van der Waals surface area contributed by atoms with E-state index >= 15 is 0 Å². The van der Waals surface area contributed by atoms with Gasteiger partial charge in [-0.25, -0.2) is 4.39 Å². The largest absolute Gasteiger partial charge is 0.398 e. The van der Waals surface area contributed by atoms with Gasteiger partial charge in [0.05, 0.1) is 6.42 Å². The molecule has 1 aliphatic heterocycles. The van der Waals surface area contributed by atoms with Gasteiger partial charge < -0.3 is 10.6 Å². The van der Waals surface area contributed by atoms with Crippen molar-refractivity contribution in [3.8, 4) is 0 Å². The highest BCUT2D eigenvalue weighted by molar-refractivity contribution is 5.79. The number of fused-ring (bicyclic) bond motifs is 1. The zero-order chi connectivity index (χ0) is 14.8. The number of anilines is 1. The minimum Gasteiger partial charge on any atom is -0.398 e. The maximum Gasteiger partial charge on any atom is 0.227 e. The molecule has 0 aromatic heterocycles. The summed E-state index contributed by atoms with van der Waals surface area (Å²) < 4.78 is 13.6. The summed E-state index contributed by atoms with van der Waals surface area (Å²) in [5.41, 5.74) is 9.40. The monoisotopic (exact) mass is 284 g/mol. The predicted octanol–water partition coefficient (Wildman–Crippen LogP) is 2.54. The average Bonchev–Trinajstić information content (AvgIpc) is 2.49. The molecule has 21 heavy (non-hydrogen) atoms. The summed E-state index contributed by atoms with van der Waals surface area (Å²) in [5.74, 6) is -0.374. The molecule has 1 heterocycles. The molecule has 0 aliphatic carbocycles. The number of rotatable bonds is 2. The summed E-state index contributed by atoms with van der Waals surface area (Å²) in [4.78, 5) is 14.1. The Balaban J connectivity index is 1.74. The topological polar surface area (TPSA) is 46.3 Å². The third-order valence-corrected chi connectivity index (χ3v) is 3.95. The van der Waals surface area contributed by atoms with E-state index in [1.54, 1.807) is 23.1 Å². The van der Waals surface area contributed by atoms with Crippen LogP contribution in [0, 0.1) is 5.82 Å². The van der Waals surface area contributed by atoms with E-state index in [1.807, 2.05) is 18.2 Å². The SMILES string of the molecule is Nc1cccc2c1CCN(C(=O)Cc1ccccc1F)C2. The number of hydrogen-bond donors (Lipinski definition) is 1. The summed E-state index contributed by atoms with van der Waals surface area (Å²) in [7, 11) is 0. The number of nitrogens with two attached hydrogens (primary N) is 1. The Kier molecular flexibility index (Phi) is 3.60. The van der Waals surface area contributed by atoms with Gasteiger partial charge in [-0.3, -0.25) is 4.79 Å². The number of carbonyl (C=O) groups excluding carboxylic acids is 1. The first-order valence-corrected chi connectivity index (χ1v) is 7.02. The highest BCUT2D eigenvalue weighted by atomic mass is 19.1. The molecule has 0 fully saturated rings. The van der Waals surface area contributed by atoms with E-state index in [4.69, 9.17) is 5.73 Å². The quantitative estimate of drug-likeness (QED) is 0.861. The third kappa shape index (κ3) is 2.75. The maximum atomic E-state index is 13.6. The number of nitrogens with zero attached hydrogens (tertiary/aromatic N) is 1. The molecule has 2 N–H and O–H groups in total. The van der Waals surface area contributed by atoms with Crippen molar-refractivity contribution in [2.75, 3.05) is 12.3 Å². The smallest absolute Gasteiger partial charge is 0.227 e. The highest BCUT2D eigenvalue weighted by Crippen LogP contribution is 2.24. The summed E-state index contributed by atoms with van der Waals surface area (Å²) in [6.45, 7) is 1.18. The van der Waals surface area contributed by atoms with Crippen LogP contribution in [0.25, 0.3) is 0 Å². The second kappa shape index (κ2) is 5.56. The fourth-order valence-corrected chi connectivity index (χ4v) is 2.77. The Hall–Kier alpha value is -2.36. The van der Waals surface area contributed by atoms with E-state index in [0.717, 1.165) is 23.2 Å². The normalized spacial score (nSPS) is 13.9. The van der Waals surface area contributed by atoms with Gasteiger partial charge in [-0.15, -0.1) is 0 Å². The Morgan fingerprint density at radius 3 is 2.81 bits per heavy atom. The summed E-state index contributed by atoms with van der Waals surface area (Å²) in [6, 6.07) is 12.2. The van der Waals surface area contributed by atoms with E-state index in [2.05, 4.69) is 0 Å². The van der Waals surface area contributed by atoms with Gasteiger partial charge in [0.15, 0.2) is 0 Å². The molecule has 0 bridgehead atoms. The molecule has 1 aliphatic rings. The van der Waals surface area contributed by atoms with Gasteiger partial charge in [0.1, 0.15) is 5.82 Å². The summed E-state index contributed by atoms with van der Waals surface area (Å²) >= 11 is 0. The lowest BCUT2D eigenvalue weighted by Crippen LogP contribution is -2.37. The lowest BCUT2D eigenvalue weighted by atomic mass is 9.97. The van der Waals surface area contributed by atoms with E-state index in [1.165, 1.54) is 6.07 Å². The minimum absolute atomic E-state index is 0.0480. The lowest BCUT2D eigenvalue weighted by molar-refractivity contribution is -0.131. The van der Waals surface area contributed by atoms with Crippen molar-refractivity contribution in [1.29, 1.82) is 0 Å². The molecule has 4 heteroatoms. The van der Waals surface area contributed by atoms with Crippen LogP contribution in [0.2, 0.25) is 0 Å². The van der Waals surface area contributed by atoms with Crippen LogP contribution in [0.15, 0.2) is 42.5 Å².